The van der Waals surface area contributed by atoms with Gasteiger partial charge in [0.1, 0.15) is 12.4 Å². The van der Waals surface area contributed by atoms with Crippen molar-refractivity contribution in [3.8, 4) is 5.75 Å². The molecule has 0 amide bonds. The van der Waals surface area contributed by atoms with Gasteiger partial charge in [0.2, 0.25) is 0 Å². The fourth-order valence-corrected chi connectivity index (χ4v) is 5.72. The zero-order valence-electron chi connectivity index (χ0n) is 21.8. The van der Waals surface area contributed by atoms with Gasteiger partial charge in [-0.15, -0.1) is 0 Å². The van der Waals surface area contributed by atoms with E-state index in [1.165, 1.54) is 69.7 Å². The molecule has 1 aliphatic carbocycles. The van der Waals surface area contributed by atoms with Gasteiger partial charge < -0.3 is 19.7 Å². The van der Waals surface area contributed by atoms with Gasteiger partial charge in [-0.25, -0.2) is 4.79 Å². The minimum atomic E-state index is -0.319. The molecular formula is C32H38N2O3. The first-order valence-corrected chi connectivity index (χ1v) is 13.7. The summed E-state index contributed by atoms with van der Waals surface area (Å²) in [6.07, 6.45) is 10.1. The Balaban J connectivity index is 1.26. The van der Waals surface area contributed by atoms with E-state index in [1.807, 2.05) is 42.5 Å². The van der Waals surface area contributed by atoms with Crippen molar-refractivity contribution in [2.24, 2.45) is 0 Å². The molecule has 0 radical (unpaired) electrons. The summed E-state index contributed by atoms with van der Waals surface area (Å²) in [7, 11) is 1.41. The molecule has 2 fully saturated rings. The zero-order valence-corrected chi connectivity index (χ0v) is 21.8. The molecule has 5 nitrogen and oxygen atoms in total. The Morgan fingerprint density at radius 1 is 0.946 bits per heavy atom. The van der Waals surface area contributed by atoms with Crippen LogP contribution in [0.3, 0.4) is 0 Å². The Labute approximate surface area is 220 Å². The fourth-order valence-electron chi connectivity index (χ4n) is 5.72. The highest BCUT2D eigenvalue weighted by Crippen LogP contribution is 2.27. The number of rotatable bonds is 9. The van der Waals surface area contributed by atoms with Gasteiger partial charge in [-0.2, -0.15) is 0 Å². The van der Waals surface area contributed by atoms with E-state index in [-0.39, 0.29) is 5.97 Å². The van der Waals surface area contributed by atoms with E-state index in [1.54, 1.807) is 0 Å². The number of methoxy groups -OCH3 is 1. The van der Waals surface area contributed by atoms with Gasteiger partial charge in [-0.05, 0) is 73.5 Å². The molecule has 0 bridgehead atoms. The molecular weight excluding hydrogens is 460 g/mol. The average molecular weight is 499 g/mol. The van der Waals surface area contributed by atoms with Gasteiger partial charge >= 0.3 is 5.97 Å². The van der Waals surface area contributed by atoms with Gasteiger partial charge in [0.15, 0.2) is 0 Å². The van der Waals surface area contributed by atoms with Crippen LogP contribution in [0.2, 0.25) is 0 Å². The minimum Gasteiger partial charge on any atom is -0.489 e. The summed E-state index contributed by atoms with van der Waals surface area (Å²) in [6.45, 7) is 3.67. The summed E-state index contributed by atoms with van der Waals surface area (Å²) in [5.74, 6) is 0.579. The van der Waals surface area contributed by atoms with E-state index in [0.29, 0.717) is 18.2 Å². The molecule has 1 saturated heterocycles. The normalized spacial score (nSPS) is 17.8. The highest BCUT2D eigenvalue weighted by molar-refractivity contribution is 5.89. The number of piperidine rings is 1. The van der Waals surface area contributed by atoms with Crippen molar-refractivity contribution in [1.82, 2.24) is 10.2 Å². The van der Waals surface area contributed by atoms with Crippen LogP contribution in [0, 0.1) is 0 Å². The summed E-state index contributed by atoms with van der Waals surface area (Å²) in [6, 6.07) is 23.4. The van der Waals surface area contributed by atoms with Gasteiger partial charge in [0.25, 0.3) is 0 Å². The van der Waals surface area contributed by atoms with Crippen LogP contribution in [-0.4, -0.2) is 56.3 Å². The lowest BCUT2D eigenvalue weighted by Crippen LogP contribution is -2.46. The number of hydrogen-bond donors (Lipinski definition) is 1. The second kappa shape index (κ2) is 12.4. The van der Waals surface area contributed by atoms with Crippen molar-refractivity contribution >= 4 is 22.8 Å². The van der Waals surface area contributed by atoms with Crippen LogP contribution >= 0.6 is 0 Å². The topological polar surface area (TPSA) is 50.8 Å². The minimum absolute atomic E-state index is 0.319. The van der Waals surface area contributed by atoms with E-state index in [0.717, 1.165) is 29.3 Å². The van der Waals surface area contributed by atoms with Gasteiger partial charge in [-0.1, -0.05) is 67.4 Å². The molecule has 37 heavy (non-hydrogen) atoms. The van der Waals surface area contributed by atoms with Crippen LogP contribution in [0.15, 0.2) is 72.3 Å². The SMILES string of the molecule is COC(=O)c1ccc(/C=C(/CNC2CCN(C3CCCC3)CC2)COc2cccc3ccccc23)cc1. The van der Waals surface area contributed by atoms with Crippen molar-refractivity contribution in [3.05, 3.63) is 83.4 Å². The number of ether oxygens (including phenoxy) is 2. The van der Waals surface area contributed by atoms with E-state index >= 15 is 0 Å². The first kappa shape index (κ1) is 25.5. The fraction of sp³-hybridized carbons (Fsp3) is 0.406. The Kier molecular flexibility index (Phi) is 8.54. The quantitative estimate of drug-likeness (QED) is 0.362. The maximum atomic E-state index is 11.8. The second-order valence-electron chi connectivity index (χ2n) is 10.3. The number of nitrogens with one attached hydrogen (secondary N) is 1. The van der Waals surface area contributed by atoms with Gasteiger partial charge in [-0.3, -0.25) is 0 Å². The van der Waals surface area contributed by atoms with Crippen LogP contribution < -0.4 is 10.1 Å². The number of carbonyl (C=O) groups excluding carboxylic acids is 1. The predicted molar refractivity (Wildman–Crippen MR) is 150 cm³/mol. The molecule has 0 aromatic heterocycles. The third-order valence-electron chi connectivity index (χ3n) is 7.85. The molecule has 1 N–H and O–H groups in total. The average Bonchev–Trinajstić information content (AvgIpc) is 3.50. The maximum Gasteiger partial charge on any atom is 0.337 e. The number of benzene rings is 3. The third-order valence-corrected chi connectivity index (χ3v) is 7.85. The number of fused-ring (bicyclic) bond motifs is 1. The smallest absolute Gasteiger partial charge is 0.337 e. The number of likely N-dealkylation sites (tertiary alicyclic amines) is 1. The van der Waals surface area contributed by atoms with Crippen molar-refractivity contribution in [2.75, 3.05) is 33.4 Å². The molecule has 3 aromatic rings. The lowest BCUT2D eigenvalue weighted by Gasteiger charge is -2.36. The third kappa shape index (κ3) is 6.60. The lowest BCUT2D eigenvalue weighted by molar-refractivity contribution is 0.0600. The Hall–Kier alpha value is -3.15. The van der Waals surface area contributed by atoms with Crippen molar-refractivity contribution < 1.29 is 14.3 Å². The van der Waals surface area contributed by atoms with Gasteiger partial charge in [0.05, 0.1) is 12.7 Å². The molecule has 0 spiro atoms. The molecule has 1 saturated carbocycles. The number of carbonyl (C=O) groups is 1. The van der Waals surface area contributed by atoms with Crippen molar-refractivity contribution in [1.29, 1.82) is 0 Å². The Bertz CT molecular complexity index is 1200. The summed E-state index contributed by atoms with van der Waals surface area (Å²) in [5, 5.41) is 6.12. The molecule has 0 atom stereocenters. The standard InChI is InChI=1S/C32H38N2O3/c1-36-32(35)27-15-13-24(14-16-27)21-25(23-37-31-12-6-8-26-7-2-5-11-30(26)31)22-33-28-17-19-34(20-18-28)29-9-3-4-10-29/h2,5-8,11-16,21,28-29,33H,3-4,9-10,17-20,22-23H2,1H3/b25-21-. The highest BCUT2D eigenvalue weighted by Gasteiger charge is 2.26. The van der Waals surface area contributed by atoms with Gasteiger partial charge in [0, 0.05) is 24.0 Å². The summed E-state index contributed by atoms with van der Waals surface area (Å²) in [5.41, 5.74) is 2.78. The van der Waals surface area contributed by atoms with Crippen LogP contribution in [0.1, 0.15) is 54.4 Å². The number of nitrogens with zero attached hydrogens (tertiary/aromatic N) is 1. The number of esters is 1. The summed E-state index contributed by atoms with van der Waals surface area (Å²) in [4.78, 5) is 14.5. The van der Waals surface area contributed by atoms with E-state index in [2.05, 4.69) is 40.6 Å². The molecule has 1 heterocycles. The maximum absolute atomic E-state index is 11.8. The number of hydrogen-bond acceptors (Lipinski definition) is 5. The molecule has 2 aliphatic rings. The molecule has 0 unspecified atom stereocenters. The van der Waals surface area contributed by atoms with E-state index < -0.39 is 0 Å². The largest absolute Gasteiger partial charge is 0.489 e. The first-order valence-electron chi connectivity index (χ1n) is 13.7. The van der Waals surface area contributed by atoms with E-state index in [4.69, 9.17) is 9.47 Å². The monoisotopic (exact) mass is 498 g/mol. The lowest BCUT2D eigenvalue weighted by atomic mass is 10.0. The molecule has 194 valence electrons. The van der Waals surface area contributed by atoms with Crippen LogP contribution in [0.4, 0.5) is 0 Å². The zero-order chi connectivity index (χ0) is 25.5. The van der Waals surface area contributed by atoms with Crippen molar-refractivity contribution in [2.45, 2.75) is 50.6 Å². The van der Waals surface area contributed by atoms with Crippen LogP contribution in [-0.2, 0) is 4.74 Å². The Morgan fingerprint density at radius 2 is 1.68 bits per heavy atom. The Morgan fingerprint density at radius 3 is 2.43 bits per heavy atom. The van der Waals surface area contributed by atoms with Crippen LogP contribution in [0.5, 0.6) is 5.75 Å². The van der Waals surface area contributed by atoms with Crippen LogP contribution in [0.25, 0.3) is 16.8 Å². The van der Waals surface area contributed by atoms with Crippen molar-refractivity contribution in [3.63, 3.8) is 0 Å². The summed E-state index contributed by atoms with van der Waals surface area (Å²) < 4.78 is 11.2. The summed E-state index contributed by atoms with van der Waals surface area (Å²) >= 11 is 0. The first-order chi connectivity index (χ1) is 18.2. The second-order valence-corrected chi connectivity index (χ2v) is 10.3. The predicted octanol–water partition coefficient (Wildman–Crippen LogP) is 6.09. The van der Waals surface area contributed by atoms with E-state index in [9.17, 15) is 4.79 Å². The molecule has 1 aliphatic heterocycles. The molecule has 5 rings (SSSR count). The molecule has 3 aromatic carbocycles. The highest BCUT2D eigenvalue weighted by atomic mass is 16.5. The molecule has 5 heteroatoms.